The highest BCUT2D eigenvalue weighted by Gasteiger charge is 2.35. The number of aromatic nitrogens is 2. The van der Waals surface area contributed by atoms with Crippen LogP contribution in [0.15, 0.2) is 42.5 Å². The summed E-state index contributed by atoms with van der Waals surface area (Å²) in [5.41, 5.74) is 7.48. The van der Waals surface area contributed by atoms with Crippen molar-refractivity contribution in [1.82, 2.24) is 9.97 Å². The van der Waals surface area contributed by atoms with E-state index in [1.54, 1.807) is 0 Å². The average molecular weight is 416 g/mol. The summed E-state index contributed by atoms with van der Waals surface area (Å²) in [4.78, 5) is 36.8. The summed E-state index contributed by atoms with van der Waals surface area (Å²) in [6.07, 6.45) is 3.33. The van der Waals surface area contributed by atoms with E-state index in [1.807, 2.05) is 42.5 Å². The number of hydrogen-bond acceptors (Lipinski definition) is 6. The van der Waals surface area contributed by atoms with Gasteiger partial charge in [0.2, 0.25) is 17.8 Å². The van der Waals surface area contributed by atoms with Gasteiger partial charge in [0.15, 0.2) is 0 Å². The normalized spacial score (nSPS) is 18.4. The fourth-order valence-electron chi connectivity index (χ4n) is 4.40. The van der Waals surface area contributed by atoms with Crippen LogP contribution in [0.3, 0.4) is 0 Å². The highest BCUT2D eigenvalue weighted by molar-refractivity contribution is 6.08. The highest BCUT2D eigenvalue weighted by Crippen LogP contribution is 2.37. The van der Waals surface area contributed by atoms with Crippen LogP contribution >= 0.6 is 0 Å². The molecule has 1 saturated heterocycles. The number of fused-ring (bicyclic) bond motifs is 2. The Morgan fingerprint density at radius 3 is 2.68 bits per heavy atom. The highest BCUT2D eigenvalue weighted by atomic mass is 16.2. The Balaban J connectivity index is 1.48. The summed E-state index contributed by atoms with van der Waals surface area (Å²) in [7, 11) is 0. The van der Waals surface area contributed by atoms with Crippen LogP contribution in [0.1, 0.15) is 37.2 Å². The molecule has 2 aliphatic heterocycles. The molecule has 1 aromatic heterocycles. The Hall–Kier alpha value is -3.68. The largest absolute Gasteiger partial charge is 0.383 e. The lowest BCUT2D eigenvalue weighted by molar-refractivity contribution is -0.123. The molecule has 3 heterocycles. The number of amides is 2. The minimum Gasteiger partial charge on any atom is -0.383 e. The maximum Gasteiger partial charge on any atom is 0.232 e. The lowest BCUT2D eigenvalue weighted by Crippen LogP contribution is -2.35. The molecule has 0 radical (unpaired) electrons. The molecule has 31 heavy (non-hydrogen) atoms. The number of anilines is 4. The van der Waals surface area contributed by atoms with Gasteiger partial charge in [-0.15, -0.1) is 0 Å². The van der Waals surface area contributed by atoms with Crippen molar-refractivity contribution in [2.75, 3.05) is 34.4 Å². The topological polar surface area (TPSA) is 113 Å². The number of nitrogen functional groups attached to an aromatic ring is 1. The van der Waals surface area contributed by atoms with E-state index in [0.29, 0.717) is 23.0 Å². The van der Waals surface area contributed by atoms with Crippen LogP contribution in [0.5, 0.6) is 0 Å². The number of rotatable bonds is 3. The Bertz CT molecular complexity index is 1170. The first kappa shape index (κ1) is 19.3. The summed E-state index contributed by atoms with van der Waals surface area (Å²) >= 11 is 0. The molecule has 1 atom stereocenters. The molecule has 2 amide bonds. The standard InChI is InChI=1S/C23H24N6O2/c24-20-19-16(22(31)25-17-10-6-8-14-7-2-3-9-15(14)17)13-18(30)26-21(19)28-23(27-20)29-11-4-1-5-12-29/h2-3,6-10,16H,1,4-5,11-13H2,(H,25,31)(H3,24,26,27,28,30)/t16-/m1/s1. The molecule has 3 aromatic rings. The second kappa shape index (κ2) is 7.86. The number of nitrogens with one attached hydrogen (secondary N) is 2. The first-order valence-electron chi connectivity index (χ1n) is 10.6. The van der Waals surface area contributed by atoms with Crippen LogP contribution in [0.25, 0.3) is 10.8 Å². The molecular formula is C23H24N6O2. The molecule has 158 valence electrons. The van der Waals surface area contributed by atoms with Crippen molar-refractivity contribution in [2.45, 2.75) is 31.6 Å². The zero-order valence-corrected chi connectivity index (χ0v) is 17.1. The SMILES string of the molecule is Nc1nc(N2CCCCC2)nc2c1[C@H](C(=O)Nc1cccc3ccccc13)CC(=O)N2. The fourth-order valence-corrected chi connectivity index (χ4v) is 4.40. The minimum atomic E-state index is -0.752. The van der Waals surface area contributed by atoms with Crippen LogP contribution in [0.2, 0.25) is 0 Å². The fraction of sp³-hybridized carbons (Fsp3) is 0.304. The third-order valence-corrected chi connectivity index (χ3v) is 5.96. The van der Waals surface area contributed by atoms with E-state index in [9.17, 15) is 9.59 Å². The second-order valence-electron chi connectivity index (χ2n) is 8.04. The second-order valence-corrected chi connectivity index (χ2v) is 8.04. The van der Waals surface area contributed by atoms with E-state index < -0.39 is 5.92 Å². The summed E-state index contributed by atoms with van der Waals surface area (Å²) in [6, 6.07) is 13.5. The van der Waals surface area contributed by atoms with Crippen LogP contribution in [0, 0.1) is 0 Å². The summed E-state index contributed by atoms with van der Waals surface area (Å²) < 4.78 is 0. The average Bonchev–Trinajstić information content (AvgIpc) is 2.79. The van der Waals surface area contributed by atoms with Gasteiger partial charge >= 0.3 is 0 Å². The molecule has 0 saturated carbocycles. The minimum absolute atomic E-state index is 0.000219. The van der Waals surface area contributed by atoms with Crippen molar-refractivity contribution in [3.05, 3.63) is 48.0 Å². The maximum atomic E-state index is 13.2. The molecule has 0 unspecified atom stereocenters. The lowest BCUT2D eigenvalue weighted by atomic mass is 9.91. The van der Waals surface area contributed by atoms with Crippen molar-refractivity contribution in [1.29, 1.82) is 0 Å². The van der Waals surface area contributed by atoms with Gasteiger partial charge in [0, 0.05) is 30.6 Å². The Morgan fingerprint density at radius 2 is 1.84 bits per heavy atom. The van der Waals surface area contributed by atoms with Gasteiger partial charge in [-0.2, -0.15) is 9.97 Å². The molecule has 5 rings (SSSR count). The summed E-state index contributed by atoms with van der Waals surface area (Å²) in [5.74, 6) is -0.225. The first-order chi connectivity index (χ1) is 15.1. The Labute approximate surface area is 179 Å². The zero-order valence-electron chi connectivity index (χ0n) is 17.1. The lowest BCUT2D eigenvalue weighted by Gasteiger charge is -2.30. The van der Waals surface area contributed by atoms with Crippen LogP contribution in [-0.2, 0) is 9.59 Å². The predicted molar refractivity (Wildman–Crippen MR) is 121 cm³/mol. The van der Waals surface area contributed by atoms with Crippen LogP contribution < -0.4 is 21.3 Å². The van der Waals surface area contributed by atoms with Crippen LogP contribution in [-0.4, -0.2) is 34.9 Å². The number of nitrogens with two attached hydrogens (primary N) is 1. The third-order valence-electron chi connectivity index (χ3n) is 5.96. The van der Waals surface area contributed by atoms with Gasteiger partial charge in [-0.25, -0.2) is 0 Å². The van der Waals surface area contributed by atoms with Gasteiger partial charge in [-0.1, -0.05) is 36.4 Å². The summed E-state index contributed by atoms with van der Waals surface area (Å²) in [5, 5.41) is 7.72. The molecule has 2 aromatic carbocycles. The van der Waals surface area contributed by atoms with Crippen LogP contribution in [0.4, 0.5) is 23.3 Å². The number of benzene rings is 2. The number of hydrogen-bond donors (Lipinski definition) is 3. The molecule has 8 nitrogen and oxygen atoms in total. The van der Waals surface area contributed by atoms with E-state index in [-0.39, 0.29) is 24.1 Å². The molecule has 0 bridgehead atoms. The van der Waals surface area contributed by atoms with E-state index in [0.717, 1.165) is 36.7 Å². The van der Waals surface area contributed by atoms with Crippen molar-refractivity contribution >= 4 is 45.9 Å². The predicted octanol–water partition coefficient (Wildman–Crippen LogP) is 3.27. The van der Waals surface area contributed by atoms with Gasteiger partial charge in [-0.05, 0) is 30.7 Å². The van der Waals surface area contributed by atoms with Gasteiger partial charge in [0.05, 0.1) is 11.5 Å². The molecular weight excluding hydrogens is 392 g/mol. The van der Waals surface area contributed by atoms with E-state index in [1.165, 1.54) is 6.42 Å². The number of carbonyl (C=O) groups excluding carboxylic acids is 2. The van der Waals surface area contributed by atoms with Gasteiger partial charge < -0.3 is 21.3 Å². The van der Waals surface area contributed by atoms with E-state index in [2.05, 4.69) is 25.5 Å². The molecule has 4 N–H and O–H groups in total. The maximum absolute atomic E-state index is 13.2. The van der Waals surface area contributed by atoms with Gasteiger partial charge in [-0.3, -0.25) is 9.59 Å². The number of carbonyl (C=O) groups is 2. The third kappa shape index (κ3) is 3.65. The van der Waals surface area contributed by atoms with Crippen molar-refractivity contribution in [2.24, 2.45) is 0 Å². The van der Waals surface area contributed by atoms with Gasteiger partial charge in [0.1, 0.15) is 11.6 Å². The smallest absolute Gasteiger partial charge is 0.232 e. The zero-order chi connectivity index (χ0) is 21.4. The monoisotopic (exact) mass is 416 g/mol. The van der Waals surface area contributed by atoms with Gasteiger partial charge in [0.25, 0.3) is 0 Å². The Morgan fingerprint density at radius 1 is 1.06 bits per heavy atom. The van der Waals surface area contributed by atoms with Crippen molar-refractivity contribution < 1.29 is 9.59 Å². The number of nitrogens with zero attached hydrogens (tertiary/aromatic N) is 3. The van der Waals surface area contributed by atoms with E-state index in [4.69, 9.17) is 5.73 Å². The first-order valence-corrected chi connectivity index (χ1v) is 10.6. The molecule has 0 aliphatic carbocycles. The summed E-state index contributed by atoms with van der Waals surface area (Å²) in [6.45, 7) is 1.72. The molecule has 0 spiro atoms. The molecule has 8 heteroatoms. The van der Waals surface area contributed by atoms with Crippen molar-refractivity contribution in [3.8, 4) is 0 Å². The number of piperidine rings is 1. The molecule has 2 aliphatic rings. The molecule has 1 fully saturated rings. The quantitative estimate of drug-likeness (QED) is 0.604. The van der Waals surface area contributed by atoms with Crippen molar-refractivity contribution in [3.63, 3.8) is 0 Å². The van der Waals surface area contributed by atoms with E-state index >= 15 is 0 Å². The Kier molecular flexibility index (Phi) is 4.89.